The van der Waals surface area contributed by atoms with Crippen molar-refractivity contribution < 1.29 is 5.11 Å². The molecular weight excluding hydrogens is 162 g/mol. The second-order valence-corrected chi connectivity index (χ2v) is 3.62. The number of phenols is 1. The van der Waals surface area contributed by atoms with Crippen LogP contribution in [0.25, 0.3) is 0 Å². The molecule has 0 saturated carbocycles. The molecule has 2 N–H and O–H groups in total. The summed E-state index contributed by atoms with van der Waals surface area (Å²) in [6, 6.07) is 4.14. The Morgan fingerprint density at radius 3 is 2.85 bits per heavy atom. The smallest absolute Gasteiger partial charge is 0.121 e. The molecule has 1 aliphatic rings. The maximum Gasteiger partial charge on any atom is 0.121 e. The predicted octanol–water partition coefficient (Wildman–Crippen LogP) is 1.39. The van der Waals surface area contributed by atoms with Gasteiger partial charge in [-0.15, -0.1) is 0 Å². The van der Waals surface area contributed by atoms with E-state index >= 15 is 0 Å². The Hall–Kier alpha value is -1.02. The van der Waals surface area contributed by atoms with Crippen molar-refractivity contribution in [3.8, 4) is 5.75 Å². The van der Waals surface area contributed by atoms with Gasteiger partial charge in [0.15, 0.2) is 0 Å². The molecule has 1 aromatic rings. The van der Waals surface area contributed by atoms with Crippen LogP contribution in [0.2, 0.25) is 0 Å². The van der Waals surface area contributed by atoms with Gasteiger partial charge in [-0.25, -0.2) is 0 Å². The molecule has 0 fully saturated rings. The molecule has 2 rings (SSSR count). The molecule has 0 saturated heterocycles. The largest absolute Gasteiger partial charge is 0.507 e. The van der Waals surface area contributed by atoms with Crippen LogP contribution in [0.5, 0.6) is 5.75 Å². The van der Waals surface area contributed by atoms with Crippen molar-refractivity contribution >= 4 is 0 Å². The molecule has 1 heterocycles. The van der Waals surface area contributed by atoms with Gasteiger partial charge in [-0.3, -0.25) is 0 Å². The van der Waals surface area contributed by atoms with E-state index < -0.39 is 0 Å². The Bertz CT molecular complexity index is 320. The van der Waals surface area contributed by atoms with Gasteiger partial charge in [0.25, 0.3) is 0 Å². The number of hydrogen-bond acceptors (Lipinski definition) is 2. The molecule has 1 aliphatic heterocycles. The number of hydrogen-bond donors (Lipinski definition) is 2. The fraction of sp³-hybridized carbons (Fsp3) is 0.455. The van der Waals surface area contributed by atoms with E-state index in [0.29, 0.717) is 5.75 Å². The zero-order valence-corrected chi connectivity index (χ0v) is 7.93. The van der Waals surface area contributed by atoms with Gasteiger partial charge in [-0.1, -0.05) is 12.1 Å². The summed E-state index contributed by atoms with van der Waals surface area (Å²) in [5, 5.41) is 13.2. The average molecular weight is 177 g/mol. The summed E-state index contributed by atoms with van der Waals surface area (Å²) in [5.74, 6) is 0.501. The molecular formula is C11H15NO. The first-order valence-electron chi connectivity index (χ1n) is 4.80. The lowest BCUT2D eigenvalue weighted by atomic mass is 9.99. The van der Waals surface area contributed by atoms with E-state index in [1.54, 1.807) is 0 Å². The summed E-state index contributed by atoms with van der Waals surface area (Å²) < 4.78 is 0. The standard InChI is InChI=1S/C11H15NO/c1-8-2-3-9-4-6-12-7-5-10(9)11(8)13/h2-3,12-13H,4-7H2,1H3. The first-order chi connectivity index (χ1) is 6.29. The number of benzene rings is 1. The van der Waals surface area contributed by atoms with Crippen LogP contribution in [0.1, 0.15) is 16.7 Å². The molecule has 0 unspecified atom stereocenters. The van der Waals surface area contributed by atoms with Crippen molar-refractivity contribution in [2.45, 2.75) is 19.8 Å². The van der Waals surface area contributed by atoms with Gasteiger partial charge in [0, 0.05) is 0 Å². The topological polar surface area (TPSA) is 32.3 Å². The third kappa shape index (κ3) is 1.54. The minimum atomic E-state index is 0.501. The molecule has 70 valence electrons. The van der Waals surface area contributed by atoms with Crippen LogP contribution in [-0.2, 0) is 12.8 Å². The molecule has 0 spiro atoms. The first kappa shape index (κ1) is 8.57. The Kier molecular flexibility index (Phi) is 2.23. The zero-order valence-electron chi connectivity index (χ0n) is 7.93. The van der Waals surface area contributed by atoms with Gasteiger partial charge in [-0.2, -0.15) is 0 Å². The minimum Gasteiger partial charge on any atom is -0.507 e. The summed E-state index contributed by atoms with van der Waals surface area (Å²) in [6.07, 6.45) is 1.98. The van der Waals surface area contributed by atoms with E-state index in [0.717, 1.165) is 37.1 Å². The molecule has 0 radical (unpaired) electrons. The summed E-state index contributed by atoms with van der Waals surface area (Å²) in [4.78, 5) is 0. The number of aromatic hydroxyl groups is 1. The molecule has 2 nitrogen and oxygen atoms in total. The second-order valence-electron chi connectivity index (χ2n) is 3.62. The van der Waals surface area contributed by atoms with Gasteiger partial charge >= 0.3 is 0 Å². The van der Waals surface area contributed by atoms with Crippen LogP contribution in [0.15, 0.2) is 12.1 Å². The molecule has 1 aromatic carbocycles. The monoisotopic (exact) mass is 177 g/mol. The van der Waals surface area contributed by atoms with Crippen molar-refractivity contribution in [3.05, 3.63) is 28.8 Å². The molecule has 0 aromatic heterocycles. The lowest BCUT2D eigenvalue weighted by Gasteiger charge is -2.09. The molecule has 0 aliphatic carbocycles. The van der Waals surface area contributed by atoms with Gasteiger partial charge in [0.2, 0.25) is 0 Å². The van der Waals surface area contributed by atoms with Gasteiger partial charge in [0.05, 0.1) is 0 Å². The van der Waals surface area contributed by atoms with E-state index in [1.165, 1.54) is 5.56 Å². The van der Waals surface area contributed by atoms with Crippen LogP contribution in [0.3, 0.4) is 0 Å². The molecule has 0 bridgehead atoms. The lowest BCUT2D eigenvalue weighted by Crippen LogP contribution is -2.16. The summed E-state index contributed by atoms with van der Waals surface area (Å²) in [6.45, 7) is 3.95. The lowest BCUT2D eigenvalue weighted by molar-refractivity contribution is 0.463. The van der Waals surface area contributed by atoms with Crippen LogP contribution in [0.4, 0.5) is 0 Å². The number of rotatable bonds is 0. The number of phenolic OH excluding ortho intramolecular Hbond substituents is 1. The van der Waals surface area contributed by atoms with E-state index in [-0.39, 0.29) is 0 Å². The fourth-order valence-electron chi connectivity index (χ4n) is 1.87. The van der Waals surface area contributed by atoms with E-state index in [9.17, 15) is 5.11 Å². The minimum absolute atomic E-state index is 0.501. The summed E-state index contributed by atoms with van der Waals surface area (Å²) in [7, 11) is 0. The second kappa shape index (κ2) is 3.38. The van der Waals surface area contributed by atoms with Crippen molar-refractivity contribution in [3.63, 3.8) is 0 Å². The Labute approximate surface area is 78.6 Å². The molecule has 13 heavy (non-hydrogen) atoms. The highest BCUT2D eigenvalue weighted by molar-refractivity contribution is 5.45. The quantitative estimate of drug-likeness (QED) is 0.627. The van der Waals surface area contributed by atoms with Crippen LogP contribution < -0.4 is 5.32 Å². The predicted molar refractivity (Wildman–Crippen MR) is 53.1 cm³/mol. The fourth-order valence-corrected chi connectivity index (χ4v) is 1.87. The highest BCUT2D eigenvalue weighted by Crippen LogP contribution is 2.26. The highest BCUT2D eigenvalue weighted by atomic mass is 16.3. The maximum absolute atomic E-state index is 9.84. The van der Waals surface area contributed by atoms with Crippen LogP contribution in [-0.4, -0.2) is 18.2 Å². The van der Waals surface area contributed by atoms with Crippen molar-refractivity contribution in [2.75, 3.05) is 13.1 Å². The third-order valence-corrected chi connectivity index (χ3v) is 2.70. The normalized spacial score (nSPS) is 16.4. The number of aryl methyl sites for hydroxylation is 1. The van der Waals surface area contributed by atoms with Gasteiger partial charge in [0.1, 0.15) is 5.75 Å². The molecule has 0 amide bonds. The zero-order chi connectivity index (χ0) is 9.26. The highest BCUT2D eigenvalue weighted by Gasteiger charge is 2.12. The molecule has 2 heteroatoms. The van der Waals surface area contributed by atoms with Crippen LogP contribution in [0, 0.1) is 6.92 Å². The van der Waals surface area contributed by atoms with E-state index in [1.807, 2.05) is 13.0 Å². The first-order valence-corrected chi connectivity index (χ1v) is 4.80. The maximum atomic E-state index is 9.84. The van der Waals surface area contributed by atoms with Gasteiger partial charge < -0.3 is 10.4 Å². The SMILES string of the molecule is Cc1ccc2c(c1O)CCNCC2. The van der Waals surface area contributed by atoms with Crippen LogP contribution >= 0.6 is 0 Å². The Morgan fingerprint density at radius 1 is 1.23 bits per heavy atom. The Balaban J connectivity index is 2.48. The summed E-state index contributed by atoms with van der Waals surface area (Å²) in [5.41, 5.74) is 3.43. The van der Waals surface area contributed by atoms with E-state index in [2.05, 4.69) is 11.4 Å². The van der Waals surface area contributed by atoms with Crippen molar-refractivity contribution in [1.29, 1.82) is 0 Å². The van der Waals surface area contributed by atoms with Gasteiger partial charge in [-0.05, 0) is 49.5 Å². The third-order valence-electron chi connectivity index (χ3n) is 2.70. The molecule has 0 atom stereocenters. The number of nitrogens with one attached hydrogen (secondary N) is 1. The van der Waals surface area contributed by atoms with Crippen molar-refractivity contribution in [1.82, 2.24) is 5.32 Å². The summed E-state index contributed by atoms with van der Waals surface area (Å²) >= 11 is 0. The average Bonchev–Trinajstić information content (AvgIpc) is 2.36. The Morgan fingerprint density at radius 2 is 2.00 bits per heavy atom. The number of fused-ring (bicyclic) bond motifs is 1. The van der Waals surface area contributed by atoms with E-state index in [4.69, 9.17) is 0 Å². The van der Waals surface area contributed by atoms with Crippen molar-refractivity contribution in [2.24, 2.45) is 0 Å².